The molecule has 114 valence electrons. The molecule has 0 radical (unpaired) electrons. The van der Waals surface area contributed by atoms with Gasteiger partial charge in [0, 0.05) is 18.3 Å². The molecule has 0 saturated carbocycles. The van der Waals surface area contributed by atoms with Gasteiger partial charge in [-0.05, 0) is 32.6 Å². The molecule has 2 fully saturated rings. The summed E-state index contributed by atoms with van der Waals surface area (Å²) in [6.45, 7) is 4.22. The molecule has 0 aromatic carbocycles. The zero-order chi connectivity index (χ0) is 15.0. The second-order valence-corrected chi connectivity index (χ2v) is 5.88. The van der Waals surface area contributed by atoms with E-state index in [1.807, 2.05) is 18.7 Å². The van der Waals surface area contributed by atoms with E-state index in [9.17, 15) is 9.59 Å². The van der Waals surface area contributed by atoms with E-state index in [-0.39, 0.29) is 24.0 Å². The Bertz CT molecular complexity index is 542. The molecule has 2 aliphatic heterocycles. The summed E-state index contributed by atoms with van der Waals surface area (Å²) in [5, 5.41) is 6.51. The quantitative estimate of drug-likeness (QED) is 0.857. The van der Waals surface area contributed by atoms with Crippen LogP contribution >= 0.6 is 0 Å². The fourth-order valence-corrected chi connectivity index (χ4v) is 4.03. The van der Waals surface area contributed by atoms with E-state index in [0.717, 1.165) is 19.3 Å². The zero-order valence-electron chi connectivity index (χ0n) is 12.5. The van der Waals surface area contributed by atoms with Gasteiger partial charge in [-0.1, -0.05) is 6.92 Å². The summed E-state index contributed by atoms with van der Waals surface area (Å²) in [7, 11) is 0. The van der Waals surface area contributed by atoms with Crippen LogP contribution in [0.2, 0.25) is 0 Å². The minimum Gasteiger partial charge on any atom is -0.466 e. The molecular formula is C15H21N3O3. The van der Waals surface area contributed by atoms with Crippen LogP contribution < -0.4 is 0 Å². The van der Waals surface area contributed by atoms with Crippen LogP contribution in [0.15, 0.2) is 12.4 Å². The lowest BCUT2D eigenvalue weighted by Crippen LogP contribution is -2.45. The van der Waals surface area contributed by atoms with E-state index >= 15 is 0 Å². The Kier molecular flexibility index (Phi) is 3.47. The van der Waals surface area contributed by atoms with Gasteiger partial charge in [-0.3, -0.25) is 14.7 Å². The van der Waals surface area contributed by atoms with Crippen LogP contribution in [0.25, 0.3) is 0 Å². The van der Waals surface area contributed by atoms with E-state index in [0.29, 0.717) is 18.6 Å². The molecule has 1 N–H and O–H groups in total. The topological polar surface area (TPSA) is 75.3 Å². The molecule has 2 aliphatic rings. The van der Waals surface area contributed by atoms with E-state index < -0.39 is 5.41 Å². The Balaban J connectivity index is 1.89. The number of aromatic nitrogens is 2. The van der Waals surface area contributed by atoms with Crippen molar-refractivity contribution in [1.82, 2.24) is 15.1 Å². The van der Waals surface area contributed by atoms with Gasteiger partial charge in [0.15, 0.2) is 0 Å². The molecule has 6 heteroatoms. The van der Waals surface area contributed by atoms with Gasteiger partial charge >= 0.3 is 5.97 Å². The molecule has 1 aromatic heterocycles. The summed E-state index contributed by atoms with van der Waals surface area (Å²) < 4.78 is 5.30. The highest BCUT2D eigenvalue weighted by Gasteiger charge is 2.61. The van der Waals surface area contributed by atoms with E-state index in [4.69, 9.17) is 4.74 Å². The average molecular weight is 291 g/mol. The normalized spacial score (nSPS) is 30.7. The van der Waals surface area contributed by atoms with Gasteiger partial charge in [0.2, 0.25) is 0 Å². The number of rotatable bonds is 4. The van der Waals surface area contributed by atoms with E-state index in [1.165, 1.54) is 6.20 Å². The molecule has 2 bridgehead atoms. The number of hydrogen-bond acceptors (Lipinski definition) is 4. The summed E-state index contributed by atoms with van der Waals surface area (Å²) in [6, 6.07) is 0.0932. The fraction of sp³-hybridized carbons (Fsp3) is 0.667. The van der Waals surface area contributed by atoms with Gasteiger partial charge in [-0.2, -0.15) is 5.10 Å². The number of hydrogen-bond donors (Lipinski definition) is 1. The SMILES string of the molecule is CCOC(=O)[C@@]1(CC)C[C@H]2CC[C@@H]1N2C(=O)c1cn[nH]c1. The van der Waals surface area contributed by atoms with Crippen LogP contribution in [0.4, 0.5) is 0 Å². The van der Waals surface area contributed by atoms with Gasteiger partial charge in [0.25, 0.3) is 5.91 Å². The summed E-state index contributed by atoms with van der Waals surface area (Å²) >= 11 is 0. The second kappa shape index (κ2) is 5.16. The lowest BCUT2D eigenvalue weighted by atomic mass is 9.72. The van der Waals surface area contributed by atoms with E-state index in [2.05, 4.69) is 10.2 Å². The third-order valence-electron chi connectivity index (χ3n) is 5.03. The number of carbonyl (C=O) groups excluding carboxylic acids is 2. The Morgan fingerprint density at radius 2 is 2.29 bits per heavy atom. The molecule has 0 spiro atoms. The number of carbonyl (C=O) groups is 2. The number of nitrogens with one attached hydrogen (secondary N) is 1. The molecule has 6 nitrogen and oxygen atoms in total. The van der Waals surface area contributed by atoms with Gasteiger partial charge in [0.05, 0.1) is 23.8 Å². The molecule has 3 atom stereocenters. The van der Waals surface area contributed by atoms with Crippen LogP contribution in [-0.4, -0.2) is 45.7 Å². The number of H-pyrrole nitrogens is 1. The van der Waals surface area contributed by atoms with Crippen molar-refractivity contribution in [2.75, 3.05) is 6.61 Å². The average Bonchev–Trinajstić information content (AvgIpc) is 3.21. The maximum atomic E-state index is 12.7. The lowest BCUT2D eigenvalue weighted by molar-refractivity contribution is -0.157. The minimum absolute atomic E-state index is 0.0316. The van der Waals surface area contributed by atoms with Crippen molar-refractivity contribution in [3.8, 4) is 0 Å². The molecule has 1 amide bonds. The highest BCUT2D eigenvalue weighted by atomic mass is 16.5. The van der Waals surface area contributed by atoms with Crippen LogP contribution in [0, 0.1) is 5.41 Å². The molecule has 3 heterocycles. The highest BCUT2D eigenvalue weighted by molar-refractivity contribution is 5.95. The Morgan fingerprint density at radius 1 is 1.48 bits per heavy atom. The van der Waals surface area contributed by atoms with Crippen molar-refractivity contribution in [2.24, 2.45) is 5.41 Å². The van der Waals surface area contributed by atoms with Crippen LogP contribution in [0.1, 0.15) is 49.9 Å². The largest absolute Gasteiger partial charge is 0.466 e. The first-order valence-electron chi connectivity index (χ1n) is 7.62. The van der Waals surface area contributed by atoms with Gasteiger partial charge in [-0.15, -0.1) is 0 Å². The fourth-order valence-electron chi connectivity index (χ4n) is 4.03. The van der Waals surface area contributed by atoms with Gasteiger partial charge < -0.3 is 9.64 Å². The maximum Gasteiger partial charge on any atom is 0.314 e. The van der Waals surface area contributed by atoms with Crippen LogP contribution in [0.3, 0.4) is 0 Å². The molecule has 21 heavy (non-hydrogen) atoms. The minimum atomic E-state index is -0.529. The Morgan fingerprint density at radius 3 is 2.90 bits per heavy atom. The Hall–Kier alpha value is -1.85. The Labute approximate surface area is 123 Å². The zero-order valence-corrected chi connectivity index (χ0v) is 12.5. The monoisotopic (exact) mass is 291 g/mol. The van der Waals surface area contributed by atoms with Crippen molar-refractivity contribution < 1.29 is 14.3 Å². The molecule has 0 aliphatic carbocycles. The van der Waals surface area contributed by atoms with Crippen molar-refractivity contribution in [3.05, 3.63) is 18.0 Å². The van der Waals surface area contributed by atoms with Crippen molar-refractivity contribution in [2.45, 2.75) is 51.6 Å². The molecule has 3 rings (SSSR count). The second-order valence-electron chi connectivity index (χ2n) is 5.88. The molecule has 2 saturated heterocycles. The summed E-state index contributed by atoms with van der Waals surface area (Å²) in [4.78, 5) is 27.0. The molecular weight excluding hydrogens is 270 g/mol. The number of aromatic amines is 1. The lowest BCUT2D eigenvalue weighted by Gasteiger charge is -2.34. The smallest absolute Gasteiger partial charge is 0.314 e. The van der Waals surface area contributed by atoms with Crippen molar-refractivity contribution >= 4 is 11.9 Å². The summed E-state index contributed by atoms with van der Waals surface area (Å²) in [5.74, 6) is -0.180. The maximum absolute atomic E-state index is 12.7. The number of amides is 1. The first kappa shape index (κ1) is 14.1. The third kappa shape index (κ3) is 1.96. The third-order valence-corrected chi connectivity index (χ3v) is 5.03. The van der Waals surface area contributed by atoms with E-state index in [1.54, 1.807) is 6.20 Å². The van der Waals surface area contributed by atoms with Gasteiger partial charge in [-0.25, -0.2) is 0 Å². The summed E-state index contributed by atoms with van der Waals surface area (Å²) in [5.41, 5.74) is 0.0286. The molecule has 1 aromatic rings. The highest BCUT2D eigenvalue weighted by Crippen LogP contribution is 2.52. The van der Waals surface area contributed by atoms with Crippen LogP contribution in [-0.2, 0) is 9.53 Å². The standard InChI is InChI=1S/C15H21N3O3/c1-3-15(14(20)21-4-2)7-11-5-6-12(15)18(11)13(19)10-8-16-17-9-10/h8-9,11-12H,3-7H2,1-2H3,(H,16,17)/t11-,12+,15+/m1/s1. The first-order chi connectivity index (χ1) is 10.1. The van der Waals surface area contributed by atoms with Gasteiger partial charge in [0.1, 0.15) is 0 Å². The number of fused-ring (bicyclic) bond motifs is 2. The molecule has 0 unspecified atom stereocenters. The predicted octanol–water partition coefficient (Wildman–Crippen LogP) is 1.75. The van der Waals surface area contributed by atoms with Crippen molar-refractivity contribution in [3.63, 3.8) is 0 Å². The van der Waals surface area contributed by atoms with Crippen LogP contribution in [0.5, 0.6) is 0 Å². The van der Waals surface area contributed by atoms with Crippen molar-refractivity contribution in [1.29, 1.82) is 0 Å². The number of nitrogens with zero attached hydrogens (tertiary/aromatic N) is 2. The number of esters is 1. The predicted molar refractivity (Wildman–Crippen MR) is 75.5 cm³/mol. The first-order valence-corrected chi connectivity index (χ1v) is 7.62. The number of ether oxygens (including phenoxy) is 1. The summed E-state index contributed by atoms with van der Waals surface area (Å²) in [6.07, 6.45) is 6.42.